The number of aromatic nitrogens is 2. The van der Waals surface area contributed by atoms with Crippen molar-refractivity contribution < 1.29 is 14.1 Å². The highest BCUT2D eigenvalue weighted by atomic mass is 32.2. The Balaban J connectivity index is 2.09. The first-order chi connectivity index (χ1) is 8.54. The number of nitrogens with zero attached hydrogens (tertiary/aromatic N) is 4. The molecule has 7 nitrogen and oxygen atoms in total. The number of likely N-dealkylation sites (N-methyl/N-ethyl adjacent to an activating group) is 2. The van der Waals surface area contributed by atoms with E-state index in [0.717, 1.165) is 4.90 Å². The maximum Gasteiger partial charge on any atom is 0.326 e. The summed E-state index contributed by atoms with van der Waals surface area (Å²) < 4.78 is 5.06. The minimum atomic E-state index is -0.551. The monoisotopic (exact) mass is 270 g/mol. The molecule has 1 saturated heterocycles. The van der Waals surface area contributed by atoms with Crippen LogP contribution in [0.3, 0.4) is 0 Å². The van der Waals surface area contributed by atoms with Gasteiger partial charge in [0.2, 0.25) is 5.89 Å². The van der Waals surface area contributed by atoms with E-state index in [1.807, 2.05) is 6.26 Å². The van der Waals surface area contributed by atoms with Crippen molar-refractivity contribution in [3.63, 3.8) is 0 Å². The van der Waals surface area contributed by atoms with Gasteiger partial charge < -0.3 is 9.42 Å². The molecule has 98 valence electrons. The van der Waals surface area contributed by atoms with Gasteiger partial charge >= 0.3 is 6.03 Å². The molecule has 0 spiro atoms. The third kappa shape index (κ3) is 2.20. The SMILES string of the molecule is CSCc1noc(C[C@@H]2C(=O)N(C)C(=O)N2C)n1. The lowest BCUT2D eigenvalue weighted by molar-refractivity contribution is -0.127. The molecule has 0 saturated carbocycles. The number of hydrogen-bond acceptors (Lipinski definition) is 6. The van der Waals surface area contributed by atoms with Crippen LogP contribution in [0.5, 0.6) is 0 Å². The summed E-state index contributed by atoms with van der Waals surface area (Å²) in [7, 11) is 3.06. The maximum atomic E-state index is 11.8. The lowest BCUT2D eigenvalue weighted by Gasteiger charge is -2.13. The summed E-state index contributed by atoms with van der Waals surface area (Å²) >= 11 is 1.59. The van der Waals surface area contributed by atoms with Crippen LogP contribution in [0.15, 0.2) is 4.52 Å². The third-order valence-corrected chi connectivity index (χ3v) is 3.37. The minimum absolute atomic E-state index is 0.243. The van der Waals surface area contributed by atoms with Crippen molar-refractivity contribution in [1.29, 1.82) is 0 Å². The van der Waals surface area contributed by atoms with Gasteiger partial charge in [-0.3, -0.25) is 9.69 Å². The van der Waals surface area contributed by atoms with Gasteiger partial charge in [0.05, 0.1) is 12.2 Å². The highest BCUT2D eigenvalue weighted by Crippen LogP contribution is 2.17. The van der Waals surface area contributed by atoms with Gasteiger partial charge in [0.15, 0.2) is 5.82 Å². The number of hydrogen-bond donors (Lipinski definition) is 0. The Labute approximate surface area is 108 Å². The molecular weight excluding hydrogens is 256 g/mol. The van der Waals surface area contributed by atoms with Crippen LogP contribution in [0.4, 0.5) is 4.79 Å². The zero-order chi connectivity index (χ0) is 13.3. The summed E-state index contributed by atoms with van der Waals surface area (Å²) in [6, 6.07) is -0.862. The molecule has 0 N–H and O–H groups in total. The Morgan fingerprint density at radius 3 is 2.67 bits per heavy atom. The molecule has 2 heterocycles. The van der Waals surface area contributed by atoms with E-state index in [2.05, 4.69) is 10.1 Å². The van der Waals surface area contributed by atoms with E-state index in [-0.39, 0.29) is 18.4 Å². The van der Waals surface area contributed by atoms with Gasteiger partial charge in [-0.2, -0.15) is 16.7 Å². The molecule has 0 unspecified atom stereocenters. The highest BCUT2D eigenvalue weighted by molar-refractivity contribution is 7.97. The van der Waals surface area contributed by atoms with Crippen LogP contribution < -0.4 is 0 Å². The van der Waals surface area contributed by atoms with Crippen molar-refractivity contribution in [3.8, 4) is 0 Å². The number of carbonyl (C=O) groups is 2. The fourth-order valence-corrected chi connectivity index (χ4v) is 2.18. The topological polar surface area (TPSA) is 79.5 Å². The van der Waals surface area contributed by atoms with E-state index in [4.69, 9.17) is 4.52 Å². The largest absolute Gasteiger partial charge is 0.339 e. The molecule has 0 bridgehead atoms. The summed E-state index contributed by atoms with van der Waals surface area (Å²) in [4.78, 5) is 30.1. The standard InChI is InChI=1S/C10H14N4O3S/c1-13-6(9(15)14(2)10(13)16)4-8-11-7(5-18-3)12-17-8/h6H,4-5H2,1-3H3/t6-/m1/s1. The lowest BCUT2D eigenvalue weighted by atomic mass is 10.2. The van der Waals surface area contributed by atoms with Crippen LogP contribution >= 0.6 is 11.8 Å². The first-order valence-electron chi connectivity index (χ1n) is 5.39. The Kier molecular flexibility index (Phi) is 3.55. The van der Waals surface area contributed by atoms with E-state index in [9.17, 15) is 9.59 Å². The number of thioether (sulfide) groups is 1. The zero-order valence-corrected chi connectivity index (χ0v) is 11.2. The Bertz CT molecular complexity index is 475. The Morgan fingerprint density at radius 2 is 2.11 bits per heavy atom. The van der Waals surface area contributed by atoms with Crippen LogP contribution in [0.1, 0.15) is 11.7 Å². The van der Waals surface area contributed by atoms with E-state index >= 15 is 0 Å². The van der Waals surface area contributed by atoms with E-state index in [1.165, 1.54) is 11.9 Å². The quantitative estimate of drug-likeness (QED) is 0.735. The van der Waals surface area contributed by atoms with Crippen LogP contribution in [0.25, 0.3) is 0 Å². The molecule has 1 aromatic rings. The van der Waals surface area contributed by atoms with Gasteiger partial charge in [-0.15, -0.1) is 0 Å². The number of imide groups is 1. The molecule has 18 heavy (non-hydrogen) atoms. The van der Waals surface area contributed by atoms with Crippen LogP contribution in [-0.2, 0) is 17.0 Å². The predicted octanol–water partition coefficient (Wildman–Crippen LogP) is 0.367. The van der Waals surface area contributed by atoms with Crippen LogP contribution in [0, 0.1) is 0 Å². The van der Waals surface area contributed by atoms with Crippen molar-refractivity contribution >= 4 is 23.7 Å². The molecule has 1 fully saturated rings. The van der Waals surface area contributed by atoms with Gasteiger partial charge in [-0.1, -0.05) is 5.16 Å². The smallest absolute Gasteiger partial charge is 0.326 e. The average molecular weight is 270 g/mol. The molecule has 0 radical (unpaired) electrons. The summed E-state index contributed by atoms with van der Waals surface area (Å²) in [5.41, 5.74) is 0. The first kappa shape index (κ1) is 12.9. The van der Waals surface area contributed by atoms with E-state index < -0.39 is 6.04 Å². The molecule has 1 aromatic heterocycles. The van der Waals surface area contributed by atoms with Crippen molar-refractivity contribution in [2.45, 2.75) is 18.2 Å². The second-order valence-electron chi connectivity index (χ2n) is 4.05. The molecular formula is C10H14N4O3S. The van der Waals surface area contributed by atoms with Gasteiger partial charge in [0.25, 0.3) is 5.91 Å². The van der Waals surface area contributed by atoms with E-state index in [1.54, 1.807) is 18.8 Å². The normalized spacial score (nSPS) is 20.1. The number of rotatable bonds is 4. The molecule has 3 amide bonds. The van der Waals surface area contributed by atoms with Gasteiger partial charge in [0.1, 0.15) is 6.04 Å². The summed E-state index contributed by atoms with van der Waals surface area (Å²) in [6.07, 6.45) is 2.20. The van der Waals surface area contributed by atoms with Crippen molar-refractivity contribution in [3.05, 3.63) is 11.7 Å². The average Bonchev–Trinajstić information content (AvgIpc) is 2.86. The maximum absolute atomic E-state index is 11.8. The molecule has 2 rings (SSSR count). The fraction of sp³-hybridized carbons (Fsp3) is 0.600. The van der Waals surface area contributed by atoms with Gasteiger partial charge in [-0.05, 0) is 6.26 Å². The van der Waals surface area contributed by atoms with Crippen molar-refractivity contribution in [1.82, 2.24) is 19.9 Å². The second-order valence-corrected chi connectivity index (χ2v) is 4.91. The fourth-order valence-electron chi connectivity index (χ4n) is 1.80. The first-order valence-corrected chi connectivity index (χ1v) is 6.78. The van der Waals surface area contributed by atoms with Crippen molar-refractivity contribution in [2.75, 3.05) is 20.4 Å². The summed E-state index contributed by atoms with van der Waals surface area (Å²) in [6.45, 7) is 0. The van der Waals surface area contributed by atoms with Crippen LogP contribution in [-0.4, -0.2) is 58.3 Å². The lowest BCUT2D eigenvalue weighted by Crippen LogP contribution is -2.33. The van der Waals surface area contributed by atoms with Gasteiger partial charge in [-0.25, -0.2) is 4.79 Å². The van der Waals surface area contributed by atoms with E-state index in [0.29, 0.717) is 17.5 Å². The number of urea groups is 1. The second kappa shape index (κ2) is 4.97. The summed E-state index contributed by atoms with van der Waals surface area (Å²) in [5.74, 6) is 1.40. The molecule has 1 atom stereocenters. The highest BCUT2D eigenvalue weighted by Gasteiger charge is 2.41. The van der Waals surface area contributed by atoms with Crippen LogP contribution in [0.2, 0.25) is 0 Å². The molecule has 8 heteroatoms. The third-order valence-electron chi connectivity index (χ3n) is 2.82. The minimum Gasteiger partial charge on any atom is -0.339 e. The zero-order valence-electron chi connectivity index (χ0n) is 10.4. The Hall–Kier alpha value is -1.57. The number of carbonyl (C=O) groups excluding carboxylic acids is 2. The molecule has 0 aromatic carbocycles. The molecule has 0 aliphatic carbocycles. The number of amides is 3. The molecule has 1 aliphatic rings. The Morgan fingerprint density at radius 1 is 1.39 bits per heavy atom. The molecule has 1 aliphatic heterocycles. The van der Waals surface area contributed by atoms with Gasteiger partial charge in [0, 0.05) is 14.1 Å². The summed E-state index contributed by atoms with van der Waals surface area (Å²) in [5, 5.41) is 3.80. The van der Waals surface area contributed by atoms with Crippen molar-refractivity contribution in [2.24, 2.45) is 0 Å². The predicted molar refractivity (Wildman–Crippen MR) is 64.9 cm³/mol.